The summed E-state index contributed by atoms with van der Waals surface area (Å²) in [5.41, 5.74) is -2.45. The molecule has 0 bridgehead atoms. The molecule has 0 amide bonds. The molecule has 3 atom stereocenters. The third kappa shape index (κ3) is 5.42. The molecule has 0 aromatic heterocycles. The van der Waals surface area contributed by atoms with E-state index in [1.165, 1.54) is 6.92 Å². The third-order valence-electron chi connectivity index (χ3n) is 4.63. The summed E-state index contributed by atoms with van der Waals surface area (Å²) in [6.45, 7) is 12.5. The molecule has 25 heavy (non-hydrogen) atoms. The van der Waals surface area contributed by atoms with Gasteiger partial charge >= 0.3 is 12.1 Å². The van der Waals surface area contributed by atoms with E-state index >= 15 is 0 Å². The summed E-state index contributed by atoms with van der Waals surface area (Å²) in [7, 11) is -2.10. The van der Waals surface area contributed by atoms with E-state index in [1.54, 1.807) is 20.8 Å². The van der Waals surface area contributed by atoms with E-state index in [4.69, 9.17) is 18.6 Å². The smallest absolute Gasteiger partial charge is 0.454 e. The minimum absolute atomic E-state index is 0.219. The van der Waals surface area contributed by atoms with Crippen molar-refractivity contribution in [3.63, 3.8) is 0 Å². The fraction of sp³-hybridized carbons (Fsp3) is 0.882. The van der Waals surface area contributed by atoms with Gasteiger partial charge in [0.15, 0.2) is 20.0 Å². The van der Waals surface area contributed by atoms with Crippen LogP contribution in [-0.4, -0.2) is 55.6 Å². The van der Waals surface area contributed by atoms with E-state index in [2.05, 4.69) is 20.8 Å². The first kappa shape index (κ1) is 21.9. The van der Waals surface area contributed by atoms with Gasteiger partial charge in [-0.25, -0.2) is 9.59 Å². The van der Waals surface area contributed by atoms with Gasteiger partial charge in [0.1, 0.15) is 18.3 Å². The van der Waals surface area contributed by atoms with Crippen molar-refractivity contribution in [3.8, 4) is 0 Å². The van der Waals surface area contributed by atoms with E-state index in [9.17, 15) is 14.7 Å². The Morgan fingerprint density at radius 1 is 1.24 bits per heavy atom. The van der Waals surface area contributed by atoms with Crippen LogP contribution in [0.2, 0.25) is 18.1 Å². The summed E-state index contributed by atoms with van der Waals surface area (Å²) in [6.07, 6.45) is -2.57. The van der Waals surface area contributed by atoms with Gasteiger partial charge in [0.2, 0.25) is 0 Å². The van der Waals surface area contributed by atoms with Crippen molar-refractivity contribution in [2.75, 3.05) is 6.61 Å². The van der Waals surface area contributed by atoms with Crippen molar-refractivity contribution in [1.82, 2.24) is 0 Å². The number of carbonyl (C=O) groups excluding carboxylic acids is 2. The summed E-state index contributed by atoms with van der Waals surface area (Å²) in [5, 5.41) is 10.5. The second-order valence-electron chi connectivity index (χ2n) is 7.65. The van der Waals surface area contributed by atoms with Crippen LogP contribution in [0.15, 0.2) is 0 Å². The van der Waals surface area contributed by atoms with Gasteiger partial charge in [0.25, 0.3) is 0 Å². The molecule has 0 aromatic carbocycles. The Balaban J connectivity index is 2.86. The maximum absolute atomic E-state index is 12.0. The van der Waals surface area contributed by atoms with Crippen LogP contribution >= 0.6 is 0 Å². The van der Waals surface area contributed by atoms with Crippen LogP contribution in [0, 0.1) is 0 Å². The second kappa shape index (κ2) is 8.05. The van der Waals surface area contributed by atoms with Gasteiger partial charge in [-0.2, -0.15) is 0 Å². The summed E-state index contributed by atoms with van der Waals surface area (Å²) >= 11 is 0. The Morgan fingerprint density at radius 3 is 2.20 bits per heavy atom. The minimum Gasteiger partial charge on any atom is -0.454 e. The number of esters is 1. The maximum atomic E-state index is 12.0. The van der Waals surface area contributed by atoms with Gasteiger partial charge in [0, 0.05) is 0 Å². The molecule has 1 aliphatic rings. The number of hydrogen-bond acceptors (Lipinski definition) is 7. The molecule has 0 unspecified atom stereocenters. The number of ether oxygens (including phenoxy) is 3. The molecule has 0 aromatic rings. The zero-order valence-electron chi connectivity index (χ0n) is 16.4. The van der Waals surface area contributed by atoms with Gasteiger partial charge in [-0.15, -0.1) is 0 Å². The van der Waals surface area contributed by atoms with Crippen molar-refractivity contribution >= 4 is 20.4 Å². The summed E-state index contributed by atoms with van der Waals surface area (Å²) in [4.78, 5) is 23.8. The van der Waals surface area contributed by atoms with Crippen LogP contribution in [0.25, 0.3) is 0 Å². The molecule has 146 valence electrons. The minimum atomic E-state index is -2.10. The van der Waals surface area contributed by atoms with Crippen molar-refractivity contribution in [3.05, 3.63) is 0 Å². The highest BCUT2D eigenvalue weighted by molar-refractivity contribution is 6.73. The van der Waals surface area contributed by atoms with Crippen molar-refractivity contribution in [2.24, 2.45) is 0 Å². The number of cyclic esters (lactones) is 1. The predicted molar refractivity (Wildman–Crippen MR) is 94.8 cm³/mol. The second-order valence-corrected chi connectivity index (χ2v) is 12.4. The lowest BCUT2D eigenvalue weighted by atomic mass is 9.99. The quantitative estimate of drug-likeness (QED) is 0.539. The highest BCUT2D eigenvalue weighted by Gasteiger charge is 2.56. The lowest BCUT2D eigenvalue weighted by Gasteiger charge is -2.36. The summed E-state index contributed by atoms with van der Waals surface area (Å²) < 4.78 is 21.7. The monoisotopic (exact) mass is 376 g/mol. The van der Waals surface area contributed by atoms with Crippen LogP contribution in [0.5, 0.6) is 0 Å². The Kier molecular flexibility index (Phi) is 7.06. The van der Waals surface area contributed by atoms with E-state index in [1.807, 2.05) is 0 Å². The molecule has 0 spiro atoms. The number of rotatable bonds is 7. The maximum Gasteiger partial charge on any atom is 0.508 e. The average Bonchev–Trinajstić information content (AvgIpc) is 2.71. The average molecular weight is 377 g/mol. The summed E-state index contributed by atoms with van der Waals surface area (Å²) in [6, 6.07) is 2.58. The number of aliphatic hydroxyl groups is 1. The first-order valence-corrected chi connectivity index (χ1v) is 11.4. The Bertz CT molecular complexity index is 472. The first-order valence-electron chi connectivity index (χ1n) is 8.87. The Morgan fingerprint density at radius 2 is 1.76 bits per heavy atom. The topological polar surface area (TPSA) is 91.3 Å². The highest BCUT2D eigenvalue weighted by atomic mass is 28.4. The fourth-order valence-corrected chi connectivity index (χ4v) is 5.73. The van der Waals surface area contributed by atoms with Crippen molar-refractivity contribution < 1.29 is 33.3 Å². The van der Waals surface area contributed by atoms with E-state index in [-0.39, 0.29) is 6.61 Å². The molecule has 1 N–H and O–H groups in total. The molecule has 0 saturated carbocycles. The van der Waals surface area contributed by atoms with Crippen molar-refractivity contribution in [2.45, 2.75) is 90.0 Å². The molecule has 8 heteroatoms. The summed E-state index contributed by atoms with van der Waals surface area (Å²) in [5.74, 6) is -0.763. The number of carbonyl (C=O) groups is 2. The van der Waals surface area contributed by atoms with Crippen molar-refractivity contribution in [1.29, 1.82) is 0 Å². The molecule has 1 fully saturated rings. The molecular formula is C17H32O7Si. The Hall–Kier alpha value is -1.12. The zero-order chi connectivity index (χ0) is 19.5. The normalized spacial score (nSPS) is 27.1. The van der Waals surface area contributed by atoms with E-state index in [0.29, 0.717) is 0 Å². The van der Waals surface area contributed by atoms with Crippen LogP contribution in [0.4, 0.5) is 4.79 Å². The predicted octanol–water partition coefficient (Wildman–Crippen LogP) is 3.00. The molecule has 1 aliphatic heterocycles. The molecular weight excluding hydrogens is 344 g/mol. The van der Waals surface area contributed by atoms with E-state index in [0.717, 1.165) is 18.1 Å². The molecule has 1 rings (SSSR count). The van der Waals surface area contributed by atoms with Gasteiger partial charge in [0.05, 0.1) is 0 Å². The first-order chi connectivity index (χ1) is 11.4. The fourth-order valence-electron chi connectivity index (χ4n) is 2.81. The van der Waals surface area contributed by atoms with Crippen LogP contribution in [0.1, 0.15) is 48.5 Å². The SMILES string of the molecule is CC[Si](CC)(CC)O[C@@H]1[C@@H](COC(=O)OC(C)(C)C)OC(=O)[C@@]1(C)O. The lowest BCUT2D eigenvalue weighted by molar-refractivity contribution is -0.155. The van der Waals surface area contributed by atoms with Crippen LogP contribution in [-0.2, 0) is 23.4 Å². The third-order valence-corrected chi connectivity index (χ3v) is 9.25. The van der Waals surface area contributed by atoms with Gasteiger partial charge in [-0.05, 0) is 45.8 Å². The molecule has 1 heterocycles. The number of hydrogen-bond donors (Lipinski definition) is 1. The Labute approximate surface area is 151 Å². The van der Waals surface area contributed by atoms with Gasteiger partial charge < -0.3 is 23.7 Å². The molecule has 7 nitrogen and oxygen atoms in total. The van der Waals surface area contributed by atoms with Gasteiger partial charge in [-0.3, -0.25) is 0 Å². The molecule has 1 saturated heterocycles. The van der Waals surface area contributed by atoms with Gasteiger partial charge in [-0.1, -0.05) is 20.8 Å². The lowest BCUT2D eigenvalue weighted by Crippen LogP contribution is -2.53. The van der Waals surface area contributed by atoms with Crippen LogP contribution < -0.4 is 0 Å². The largest absolute Gasteiger partial charge is 0.508 e. The molecule has 0 radical (unpaired) electrons. The standard InChI is InChI=1S/C17H32O7Si/c1-8-25(9-2,10-3)24-13-12(22-14(18)17(13,7)20)11-21-15(19)23-16(4,5)6/h12-13,20H,8-11H2,1-7H3/t12-,13-,17+/m1/s1. The van der Waals surface area contributed by atoms with Crippen LogP contribution in [0.3, 0.4) is 0 Å². The zero-order valence-corrected chi connectivity index (χ0v) is 17.4. The van der Waals surface area contributed by atoms with E-state index < -0.39 is 43.9 Å². The highest BCUT2D eigenvalue weighted by Crippen LogP contribution is 2.34. The molecule has 0 aliphatic carbocycles.